The molecule has 0 bridgehead atoms. The summed E-state index contributed by atoms with van der Waals surface area (Å²) >= 11 is 0. The van der Waals surface area contributed by atoms with Crippen LogP contribution in [0.2, 0.25) is 0 Å². The molecule has 0 radical (unpaired) electrons. The number of fused-ring (bicyclic) bond motifs is 1. The Kier molecular flexibility index (Phi) is 4.78. The molecule has 3 rings (SSSR count). The van der Waals surface area contributed by atoms with Crippen molar-refractivity contribution in [2.75, 3.05) is 30.2 Å². The zero-order valence-corrected chi connectivity index (χ0v) is 15.6. The second-order valence-electron chi connectivity index (χ2n) is 6.13. The average Bonchev–Trinajstić information content (AvgIpc) is 3.02. The van der Waals surface area contributed by atoms with E-state index >= 15 is 0 Å². The highest BCUT2D eigenvalue weighted by Crippen LogP contribution is 2.34. The van der Waals surface area contributed by atoms with Gasteiger partial charge in [0.2, 0.25) is 12.7 Å². The standard InChI is InChI=1S/C18H20N2O5S/c1-11-4-6-14(18(12(11)2)26(3,22)23)19-9-17(21)20-13-5-7-15-16(8-13)25-10-24-15/h4-8,19H,9-10H2,1-3H3,(H,20,21). The molecule has 1 aliphatic heterocycles. The van der Waals surface area contributed by atoms with Crippen molar-refractivity contribution in [1.29, 1.82) is 0 Å². The van der Waals surface area contributed by atoms with Gasteiger partial charge in [-0.3, -0.25) is 4.79 Å². The van der Waals surface area contributed by atoms with Gasteiger partial charge in [-0.2, -0.15) is 0 Å². The van der Waals surface area contributed by atoms with E-state index in [1.807, 2.05) is 13.0 Å². The number of aryl methyl sites for hydroxylation is 1. The summed E-state index contributed by atoms with van der Waals surface area (Å²) in [5.74, 6) is 0.903. The number of hydrogen-bond donors (Lipinski definition) is 2. The third-order valence-electron chi connectivity index (χ3n) is 4.14. The van der Waals surface area contributed by atoms with Crippen LogP contribution < -0.4 is 20.1 Å². The van der Waals surface area contributed by atoms with E-state index in [0.717, 1.165) is 11.8 Å². The Hall–Kier alpha value is -2.74. The van der Waals surface area contributed by atoms with E-state index in [4.69, 9.17) is 9.47 Å². The van der Waals surface area contributed by atoms with Crippen LogP contribution in [0.1, 0.15) is 11.1 Å². The van der Waals surface area contributed by atoms with Gasteiger partial charge in [-0.1, -0.05) is 6.07 Å². The first-order valence-corrected chi connectivity index (χ1v) is 9.88. The van der Waals surface area contributed by atoms with Crippen LogP contribution in [0.15, 0.2) is 35.2 Å². The number of hydrogen-bond acceptors (Lipinski definition) is 6. The molecule has 2 aromatic carbocycles. The number of sulfone groups is 1. The summed E-state index contributed by atoms with van der Waals surface area (Å²) in [7, 11) is -3.42. The molecule has 1 heterocycles. The molecule has 2 aromatic rings. The summed E-state index contributed by atoms with van der Waals surface area (Å²) in [6.07, 6.45) is 1.16. The fourth-order valence-electron chi connectivity index (χ4n) is 2.76. The smallest absolute Gasteiger partial charge is 0.243 e. The van der Waals surface area contributed by atoms with Gasteiger partial charge in [0, 0.05) is 18.0 Å². The van der Waals surface area contributed by atoms with E-state index in [1.54, 1.807) is 31.2 Å². The highest BCUT2D eigenvalue weighted by Gasteiger charge is 2.19. The third-order valence-corrected chi connectivity index (χ3v) is 5.41. The van der Waals surface area contributed by atoms with Crippen molar-refractivity contribution >= 4 is 27.1 Å². The van der Waals surface area contributed by atoms with Crippen molar-refractivity contribution in [3.63, 3.8) is 0 Å². The normalized spacial score (nSPS) is 12.7. The lowest BCUT2D eigenvalue weighted by molar-refractivity contribution is -0.114. The summed E-state index contributed by atoms with van der Waals surface area (Å²) in [5.41, 5.74) is 2.54. The van der Waals surface area contributed by atoms with Gasteiger partial charge in [0.15, 0.2) is 21.3 Å². The summed E-state index contributed by atoms with van der Waals surface area (Å²) in [4.78, 5) is 12.4. The lowest BCUT2D eigenvalue weighted by atomic mass is 10.1. The molecule has 0 saturated carbocycles. The molecule has 2 N–H and O–H groups in total. The lowest BCUT2D eigenvalue weighted by Crippen LogP contribution is -2.22. The SMILES string of the molecule is Cc1ccc(NCC(=O)Nc2ccc3c(c2)OCO3)c(S(C)(=O)=O)c1C. The van der Waals surface area contributed by atoms with Crippen LogP contribution in [0.3, 0.4) is 0 Å². The van der Waals surface area contributed by atoms with Gasteiger partial charge in [0.1, 0.15) is 0 Å². The molecule has 0 aromatic heterocycles. The second kappa shape index (κ2) is 6.87. The summed E-state index contributed by atoms with van der Waals surface area (Å²) in [5, 5.41) is 5.65. The van der Waals surface area contributed by atoms with Crippen molar-refractivity contribution in [2.24, 2.45) is 0 Å². The van der Waals surface area contributed by atoms with E-state index in [0.29, 0.717) is 28.4 Å². The van der Waals surface area contributed by atoms with Crippen molar-refractivity contribution in [2.45, 2.75) is 18.7 Å². The van der Waals surface area contributed by atoms with E-state index in [9.17, 15) is 13.2 Å². The van der Waals surface area contributed by atoms with Crippen molar-refractivity contribution in [3.8, 4) is 11.5 Å². The Balaban J connectivity index is 1.71. The zero-order valence-electron chi connectivity index (χ0n) is 14.8. The molecule has 7 nitrogen and oxygen atoms in total. The van der Waals surface area contributed by atoms with Gasteiger partial charge < -0.3 is 20.1 Å². The molecular formula is C18H20N2O5S. The molecule has 0 fully saturated rings. The molecule has 0 aliphatic carbocycles. The Morgan fingerprint density at radius 1 is 1.12 bits per heavy atom. The van der Waals surface area contributed by atoms with Gasteiger partial charge in [0.25, 0.3) is 0 Å². The van der Waals surface area contributed by atoms with Crippen LogP contribution >= 0.6 is 0 Å². The topological polar surface area (TPSA) is 93.7 Å². The Morgan fingerprint density at radius 2 is 1.85 bits per heavy atom. The first-order valence-electron chi connectivity index (χ1n) is 7.99. The Bertz CT molecular complexity index is 970. The number of nitrogens with one attached hydrogen (secondary N) is 2. The van der Waals surface area contributed by atoms with Crippen LogP contribution in [0.4, 0.5) is 11.4 Å². The zero-order chi connectivity index (χ0) is 18.9. The first-order chi connectivity index (χ1) is 12.3. The summed E-state index contributed by atoms with van der Waals surface area (Å²) < 4.78 is 34.7. The Morgan fingerprint density at radius 3 is 2.58 bits per heavy atom. The quantitative estimate of drug-likeness (QED) is 0.833. The number of carbonyl (C=O) groups is 1. The van der Waals surface area contributed by atoms with Crippen LogP contribution in [-0.4, -0.2) is 33.9 Å². The van der Waals surface area contributed by atoms with Crippen LogP contribution in [0.5, 0.6) is 11.5 Å². The number of amides is 1. The third kappa shape index (κ3) is 3.75. The van der Waals surface area contributed by atoms with Crippen molar-refractivity contribution in [1.82, 2.24) is 0 Å². The number of rotatable bonds is 5. The minimum absolute atomic E-state index is 0.0700. The molecule has 26 heavy (non-hydrogen) atoms. The monoisotopic (exact) mass is 376 g/mol. The number of carbonyl (C=O) groups excluding carboxylic acids is 1. The van der Waals surface area contributed by atoms with Crippen LogP contribution in [0.25, 0.3) is 0 Å². The van der Waals surface area contributed by atoms with Crippen LogP contribution in [0, 0.1) is 13.8 Å². The molecule has 0 atom stereocenters. The van der Waals surface area contributed by atoms with Gasteiger partial charge in [-0.25, -0.2) is 8.42 Å². The van der Waals surface area contributed by atoms with E-state index < -0.39 is 9.84 Å². The number of benzene rings is 2. The van der Waals surface area contributed by atoms with Gasteiger partial charge in [-0.15, -0.1) is 0 Å². The van der Waals surface area contributed by atoms with Gasteiger partial charge in [-0.05, 0) is 43.2 Å². The molecule has 0 saturated heterocycles. The molecule has 0 spiro atoms. The van der Waals surface area contributed by atoms with E-state index in [1.165, 1.54) is 0 Å². The predicted molar refractivity (Wildman–Crippen MR) is 98.7 cm³/mol. The van der Waals surface area contributed by atoms with E-state index in [-0.39, 0.29) is 24.1 Å². The fourth-order valence-corrected chi connectivity index (χ4v) is 4.02. The maximum absolute atomic E-state index is 12.2. The predicted octanol–water partition coefficient (Wildman–Crippen LogP) is 2.49. The summed E-state index contributed by atoms with van der Waals surface area (Å²) in [6, 6.07) is 8.60. The lowest BCUT2D eigenvalue weighted by Gasteiger charge is -2.15. The molecular weight excluding hydrogens is 356 g/mol. The fraction of sp³-hybridized carbons (Fsp3) is 0.278. The van der Waals surface area contributed by atoms with Crippen LogP contribution in [-0.2, 0) is 14.6 Å². The van der Waals surface area contributed by atoms with Crippen molar-refractivity contribution in [3.05, 3.63) is 41.5 Å². The molecule has 1 aliphatic rings. The molecule has 8 heteroatoms. The second-order valence-corrected chi connectivity index (χ2v) is 8.08. The largest absolute Gasteiger partial charge is 0.454 e. The maximum atomic E-state index is 12.2. The number of ether oxygens (including phenoxy) is 2. The minimum atomic E-state index is -3.42. The number of anilines is 2. The highest BCUT2D eigenvalue weighted by atomic mass is 32.2. The molecule has 1 amide bonds. The molecule has 0 unspecified atom stereocenters. The summed E-state index contributed by atoms with van der Waals surface area (Å²) in [6.45, 7) is 3.69. The molecule has 138 valence electrons. The average molecular weight is 376 g/mol. The maximum Gasteiger partial charge on any atom is 0.243 e. The van der Waals surface area contributed by atoms with Gasteiger partial charge in [0.05, 0.1) is 17.1 Å². The Labute approximate surface area is 152 Å². The minimum Gasteiger partial charge on any atom is -0.454 e. The first kappa shape index (κ1) is 18.1. The van der Waals surface area contributed by atoms with Crippen molar-refractivity contribution < 1.29 is 22.7 Å². The highest BCUT2D eigenvalue weighted by molar-refractivity contribution is 7.91. The van der Waals surface area contributed by atoms with E-state index in [2.05, 4.69) is 10.6 Å². The van der Waals surface area contributed by atoms with Gasteiger partial charge >= 0.3 is 0 Å².